The van der Waals surface area contributed by atoms with Crippen LogP contribution >= 0.6 is 11.3 Å². The minimum absolute atomic E-state index is 0.00314. The second-order valence-corrected chi connectivity index (χ2v) is 14.3. The molecule has 7 nitrogen and oxygen atoms in total. The monoisotopic (exact) mass is 668 g/mol. The molecule has 0 saturated heterocycles. The van der Waals surface area contributed by atoms with E-state index in [-0.39, 0.29) is 17.9 Å². The quantitative estimate of drug-likeness (QED) is 0.150. The van der Waals surface area contributed by atoms with Crippen molar-refractivity contribution in [2.24, 2.45) is 11.8 Å². The largest absolute Gasteiger partial charge is 0.497 e. The summed E-state index contributed by atoms with van der Waals surface area (Å²) in [6.45, 7) is 3.44. The van der Waals surface area contributed by atoms with Crippen molar-refractivity contribution in [2.45, 2.75) is 76.9 Å². The van der Waals surface area contributed by atoms with Gasteiger partial charge < -0.3 is 23.8 Å². The van der Waals surface area contributed by atoms with E-state index in [0.717, 1.165) is 91.1 Å². The number of carbonyl (C=O) groups excluding carboxylic acids is 1. The minimum Gasteiger partial charge on any atom is -0.497 e. The maximum absolute atomic E-state index is 14.4. The van der Waals surface area contributed by atoms with Gasteiger partial charge in [-0.05, 0) is 123 Å². The lowest BCUT2D eigenvalue weighted by Gasteiger charge is -2.36. The summed E-state index contributed by atoms with van der Waals surface area (Å²) < 4.78 is 22.4. The van der Waals surface area contributed by atoms with E-state index in [9.17, 15) is 4.79 Å². The first-order valence-corrected chi connectivity index (χ1v) is 18.1. The predicted octanol–water partition coefficient (Wildman–Crippen LogP) is 9.23. The first kappa shape index (κ1) is 34.0. The van der Waals surface area contributed by atoms with E-state index < -0.39 is 0 Å². The first-order chi connectivity index (χ1) is 23.4. The van der Waals surface area contributed by atoms with Gasteiger partial charge in [-0.3, -0.25) is 4.79 Å². The Morgan fingerprint density at radius 3 is 2.29 bits per heavy atom. The molecule has 1 aromatic heterocycles. The smallest absolute Gasteiger partial charge is 0.273 e. The van der Waals surface area contributed by atoms with Gasteiger partial charge in [-0.25, -0.2) is 4.98 Å². The number of ether oxygens (including phenoxy) is 4. The molecule has 6 rings (SSSR count). The topological polar surface area (TPSA) is 70.1 Å². The molecule has 0 N–H and O–H groups in total. The molecule has 48 heavy (non-hydrogen) atoms. The minimum atomic E-state index is -0.00314. The van der Waals surface area contributed by atoms with Crippen molar-refractivity contribution in [1.29, 1.82) is 0 Å². The van der Waals surface area contributed by atoms with E-state index in [0.29, 0.717) is 23.6 Å². The molecule has 2 saturated carbocycles. The number of amides is 1. The Morgan fingerprint density at radius 1 is 0.854 bits per heavy atom. The average Bonchev–Trinajstić information content (AvgIpc) is 3.63. The summed E-state index contributed by atoms with van der Waals surface area (Å²) in [6.07, 6.45) is 9.99. The number of carbonyl (C=O) groups is 1. The van der Waals surface area contributed by atoms with E-state index in [1.165, 1.54) is 22.5 Å². The predicted molar refractivity (Wildman–Crippen MR) is 192 cm³/mol. The second-order valence-electron chi connectivity index (χ2n) is 13.3. The molecule has 0 radical (unpaired) electrons. The summed E-state index contributed by atoms with van der Waals surface area (Å²) in [5.74, 6) is 3.04. The fourth-order valence-corrected chi connectivity index (χ4v) is 8.09. The van der Waals surface area contributed by atoms with Gasteiger partial charge in [0.1, 0.15) is 11.5 Å². The van der Waals surface area contributed by atoms with Crippen LogP contribution in [0.15, 0.2) is 72.9 Å². The molecule has 4 aromatic rings. The lowest BCUT2D eigenvalue weighted by Crippen LogP contribution is -2.42. The third-order valence-electron chi connectivity index (χ3n) is 10.2. The van der Waals surface area contributed by atoms with Crippen molar-refractivity contribution >= 4 is 22.9 Å². The Kier molecular flexibility index (Phi) is 11.3. The summed E-state index contributed by atoms with van der Waals surface area (Å²) >= 11 is 1.52. The summed E-state index contributed by atoms with van der Waals surface area (Å²) in [6, 6.07) is 23.0. The maximum Gasteiger partial charge on any atom is 0.273 e. The zero-order chi connectivity index (χ0) is 33.5. The maximum atomic E-state index is 14.4. The molecule has 2 aliphatic carbocycles. The van der Waals surface area contributed by atoms with Crippen molar-refractivity contribution < 1.29 is 23.7 Å². The van der Waals surface area contributed by atoms with Crippen molar-refractivity contribution in [2.75, 3.05) is 32.8 Å². The highest BCUT2D eigenvalue weighted by atomic mass is 32.1. The molecular formula is C40H48N2O5S. The number of aryl methyl sites for hydroxylation is 1. The summed E-state index contributed by atoms with van der Waals surface area (Å²) in [5.41, 5.74) is 5.75. The molecular weight excluding hydrogens is 621 g/mol. The third kappa shape index (κ3) is 8.21. The fraction of sp³-hybridized carbons (Fsp3) is 0.450. The van der Waals surface area contributed by atoms with Gasteiger partial charge >= 0.3 is 0 Å². The number of thiazole rings is 1. The molecule has 3 aromatic carbocycles. The molecule has 1 heterocycles. The van der Waals surface area contributed by atoms with Crippen LogP contribution in [-0.2, 0) is 16.1 Å². The normalized spacial score (nSPS) is 21.0. The Bertz CT molecular complexity index is 1640. The van der Waals surface area contributed by atoms with E-state index in [2.05, 4.69) is 59.3 Å². The van der Waals surface area contributed by atoms with Gasteiger partial charge in [0.05, 0.1) is 38.9 Å². The van der Waals surface area contributed by atoms with Gasteiger partial charge in [-0.1, -0.05) is 47.7 Å². The van der Waals surface area contributed by atoms with Crippen LogP contribution in [-0.4, -0.2) is 44.9 Å². The molecule has 0 unspecified atom stereocenters. The van der Waals surface area contributed by atoms with Crippen LogP contribution in [0, 0.1) is 18.8 Å². The van der Waals surface area contributed by atoms with Gasteiger partial charge in [-0.15, -0.1) is 0 Å². The Hall–Kier alpha value is -3.88. The molecule has 1 amide bonds. The highest BCUT2D eigenvalue weighted by Crippen LogP contribution is 2.40. The number of rotatable bonds is 12. The van der Waals surface area contributed by atoms with Crippen LogP contribution in [0.2, 0.25) is 0 Å². The van der Waals surface area contributed by atoms with Gasteiger partial charge in [-0.2, -0.15) is 0 Å². The molecule has 0 atom stereocenters. The summed E-state index contributed by atoms with van der Waals surface area (Å²) in [7, 11) is 5.05. The van der Waals surface area contributed by atoms with Crippen molar-refractivity contribution in [1.82, 2.24) is 4.98 Å². The molecule has 0 bridgehead atoms. The number of hydrogen-bond acceptors (Lipinski definition) is 7. The average molecular weight is 669 g/mol. The molecule has 8 heteroatoms. The van der Waals surface area contributed by atoms with Crippen LogP contribution in [0.5, 0.6) is 16.7 Å². The highest BCUT2D eigenvalue weighted by Gasteiger charge is 2.33. The van der Waals surface area contributed by atoms with Gasteiger partial charge in [0, 0.05) is 24.3 Å². The van der Waals surface area contributed by atoms with Crippen molar-refractivity contribution in [3.63, 3.8) is 0 Å². The number of aromatic nitrogens is 1. The zero-order valence-corrected chi connectivity index (χ0v) is 29.5. The molecule has 254 valence electrons. The number of methoxy groups -OCH3 is 3. The standard InChI is InChI=1S/C40H48N2O5S/c1-27-22-32(16-21-37(27)45-3)30-12-8-28(9-13-30)25-42(34-7-5-6-33(23-34)38-24-41-40(46-4)48-38)39(43)31-14-19-36(20-15-31)47-26-29-10-17-35(44-2)18-11-29/h5-7,10-11,16-18,21-24,28,30-31,36H,8-9,12-15,19-20,25-26H2,1-4H3. The van der Waals surface area contributed by atoms with E-state index >= 15 is 0 Å². The van der Waals surface area contributed by atoms with Gasteiger partial charge in [0.15, 0.2) is 0 Å². The van der Waals surface area contributed by atoms with Crippen LogP contribution in [0.1, 0.15) is 74.0 Å². The van der Waals surface area contributed by atoms with Crippen LogP contribution in [0.4, 0.5) is 5.69 Å². The Morgan fingerprint density at radius 2 is 1.62 bits per heavy atom. The molecule has 2 aliphatic rings. The van der Waals surface area contributed by atoms with Crippen molar-refractivity contribution in [3.8, 4) is 27.1 Å². The van der Waals surface area contributed by atoms with Crippen LogP contribution < -0.4 is 19.1 Å². The molecule has 0 aliphatic heterocycles. The van der Waals surface area contributed by atoms with E-state index in [1.807, 2.05) is 30.5 Å². The van der Waals surface area contributed by atoms with Gasteiger partial charge in [0.25, 0.3) is 5.19 Å². The van der Waals surface area contributed by atoms with Crippen molar-refractivity contribution in [3.05, 3.63) is 89.6 Å². The number of hydrogen-bond donors (Lipinski definition) is 0. The number of anilines is 1. The summed E-state index contributed by atoms with van der Waals surface area (Å²) in [5, 5.41) is 0.637. The number of benzene rings is 3. The Balaban J connectivity index is 1.13. The lowest BCUT2D eigenvalue weighted by molar-refractivity contribution is -0.124. The van der Waals surface area contributed by atoms with E-state index in [4.69, 9.17) is 18.9 Å². The SMILES string of the molecule is COc1ccc(COC2CCC(C(=O)N(CC3CCC(c4ccc(OC)c(C)c4)CC3)c3cccc(-c4cnc(OC)s4)c3)CC2)cc1. The third-order valence-corrected chi connectivity index (χ3v) is 11.2. The second kappa shape index (κ2) is 16.0. The summed E-state index contributed by atoms with van der Waals surface area (Å²) in [4.78, 5) is 21.9. The van der Waals surface area contributed by atoms with Crippen LogP contribution in [0.3, 0.4) is 0 Å². The molecule has 0 spiro atoms. The highest BCUT2D eigenvalue weighted by molar-refractivity contribution is 7.16. The molecule has 2 fully saturated rings. The van der Waals surface area contributed by atoms with Crippen LogP contribution in [0.25, 0.3) is 10.4 Å². The van der Waals surface area contributed by atoms with E-state index in [1.54, 1.807) is 21.3 Å². The van der Waals surface area contributed by atoms with Gasteiger partial charge in [0.2, 0.25) is 5.91 Å². The fourth-order valence-electron chi connectivity index (χ4n) is 7.36. The zero-order valence-electron chi connectivity index (χ0n) is 28.7. The first-order valence-electron chi connectivity index (χ1n) is 17.2. The number of nitrogens with zero attached hydrogens (tertiary/aromatic N) is 2. The lowest BCUT2D eigenvalue weighted by atomic mass is 9.78. The Labute approximate surface area is 289 Å².